The molecular weight excluding hydrogens is 160 g/mol. The van der Waals surface area contributed by atoms with Crippen molar-refractivity contribution in [2.45, 2.75) is 32.5 Å². The molecule has 0 atom stereocenters. The summed E-state index contributed by atoms with van der Waals surface area (Å²) in [6, 6.07) is 11.7. The average Bonchev–Trinajstić information content (AvgIpc) is 2.06. The van der Waals surface area contributed by atoms with E-state index in [9.17, 15) is 0 Å². The quantitative estimate of drug-likeness (QED) is 0.609. The molecule has 1 radical (unpaired) electrons. The fourth-order valence-corrected chi connectivity index (χ4v) is 2.71. The molecule has 0 N–H and O–H groups in total. The van der Waals surface area contributed by atoms with Crippen LogP contribution >= 0.6 is 0 Å². The molecule has 0 aliphatic rings. The molecule has 1 rings (SSSR count). The molecule has 0 fully saturated rings. The van der Waals surface area contributed by atoms with Crippen LogP contribution in [0.2, 0.25) is 18.6 Å². The predicted octanol–water partition coefficient (Wildman–Crippen LogP) is 2.81. The van der Waals surface area contributed by atoms with Gasteiger partial charge in [0, 0.05) is 0 Å². The van der Waals surface area contributed by atoms with Gasteiger partial charge in [-0.1, -0.05) is 56.4 Å². The second-order valence-corrected chi connectivity index (χ2v) is 9.29. The van der Waals surface area contributed by atoms with Crippen LogP contribution in [-0.4, -0.2) is 8.07 Å². The number of hydrogen-bond donors (Lipinski definition) is 0. The van der Waals surface area contributed by atoms with E-state index in [4.69, 9.17) is 0 Å². The molecule has 1 heteroatoms. The summed E-state index contributed by atoms with van der Waals surface area (Å²) in [6.07, 6.45) is 0. The third kappa shape index (κ3) is 1.78. The Labute approximate surface area is 76.6 Å². The Balaban J connectivity index is 2.98. The molecule has 1 aromatic carbocycles. The zero-order valence-corrected chi connectivity index (χ0v) is 9.39. The first kappa shape index (κ1) is 9.52. The zero-order chi connectivity index (χ0) is 9.19. The van der Waals surface area contributed by atoms with Gasteiger partial charge in [-0.2, -0.15) is 0 Å². The molecule has 1 aromatic rings. The highest BCUT2D eigenvalue weighted by Gasteiger charge is 2.26. The monoisotopic (exact) mass is 177 g/mol. The lowest BCUT2D eigenvalue weighted by molar-refractivity contribution is 1.02. The molecule has 0 unspecified atom stereocenters. The van der Waals surface area contributed by atoms with Gasteiger partial charge in [0.15, 0.2) is 0 Å². The van der Waals surface area contributed by atoms with E-state index in [1.54, 1.807) is 0 Å². The lowest BCUT2D eigenvalue weighted by Crippen LogP contribution is -2.44. The maximum absolute atomic E-state index is 3.35. The van der Waals surface area contributed by atoms with Crippen molar-refractivity contribution in [2.24, 2.45) is 0 Å². The van der Waals surface area contributed by atoms with Gasteiger partial charge in [0.1, 0.15) is 0 Å². The average molecular weight is 177 g/mol. The van der Waals surface area contributed by atoms with Crippen molar-refractivity contribution in [1.29, 1.82) is 0 Å². The molecule has 0 aliphatic carbocycles. The standard InChI is InChI=1S/C11H17Si/c1-10(2)12(3,4)11-8-6-5-7-9-11/h5-8,10H,1-4H3. The Bertz CT molecular complexity index is 236. The van der Waals surface area contributed by atoms with Crippen LogP contribution in [0.1, 0.15) is 13.8 Å². The molecule has 0 amide bonds. The maximum Gasteiger partial charge on any atom is 0.0839 e. The van der Waals surface area contributed by atoms with Crippen LogP contribution < -0.4 is 5.19 Å². The molecule has 0 saturated carbocycles. The first-order valence-corrected chi connectivity index (χ1v) is 7.60. The van der Waals surface area contributed by atoms with E-state index in [1.807, 2.05) is 12.1 Å². The fourth-order valence-electron chi connectivity index (χ4n) is 1.11. The third-order valence-corrected chi connectivity index (χ3v) is 7.43. The summed E-state index contributed by atoms with van der Waals surface area (Å²) in [4.78, 5) is 0. The van der Waals surface area contributed by atoms with Gasteiger partial charge in [-0.25, -0.2) is 0 Å². The predicted molar refractivity (Wildman–Crippen MR) is 57.5 cm³/mol. The van der Waals surface area contributed by atoms with Gasteiger partial charge in [0.05, 0.1) is 8.07 Å². The Hall–Kier alpha value is -0.563. The molecule has 0 aliphatic heterocycles. The van der Waals surface area contributed by atoms with Gasteiger partial charge < -0.3 is 0 Å². The lowest BCUT2D eigenvalue weighted by Gasteiger charge is -2.26. The summed E-state index contributed by atoms with van der Waals surface area (Å²) in [7, 11) is -1.21. The van der Waals surface area contributed by atoms with Crippen LogP contribution in [0.3, 0.4) is 0 Å². The van der Waals surface area contributed by atoms with Crippen molar-refractivity contribution in [1.82, 2.24) is 0 Å². The first-order chi connectivity index (χ1) is 5.55. The zero-order valence-electron chi connectivity index (χ0n) is 8.39. The van der Waals surface area contributed by atoms with Gasteiger partial charge >= 0.3 is 0 Å². The first-order valence-electron chi connectivity index (χ1n) is 4.52. The number of benzene rings is 1. The van der Waals surface area contributed by atoms with E-state index in [2.05, 4.69) is 45.1 Å². The summed E-state index contributed by atoms with van der Waals surface area (Å²) >= 11 is 0. The Morgan fingerprint density at radius 3 is 2.33 bits per heavy atom. The summed E-state index contributed by atoms with van der Waals surface area (Å²) in [6.45, 7) is 9.44. The smallest absolute Gasteiger partial charge is 0.0652 e. The van der Waals surface area contributed by atoms with Crippen LogP contribution in [0.25, 0.3) is 0 Å². The van der Waals surface area contributed by atoms with Gasteiger partial charge in [0.2, 0.25) is 0 Å². The lowest BCUT2D eigenvalue weighted by atomic mass is 10.4. The van der Waals surface area contributed by atoms with E-state index in [1.165, 1.54) is 5.19 Å². The largest absolute Gasteiger partial charge is 0.0839 e. The minimum absolute atomic E-state index is 0.788. The van der Waals surface area contributed by atoms with Gasteiger partial charge in [-0.3, -0.25) is 0 Å². The summed E-state index contributed by atoms with van der Waals surface area (Å²) < 4.78 is 0. The summed E-state index contributed by atoms with van der Waals surface area (Å²) in [5, 5.41) is 1.44. The maximum atomic E-state index is 3.35. The van der Waals surface area contributed by atoms with Crippen molar-refractivity contribution in [3.8, 4) is 0 Å². The second-order valence-electron chi connectivity index (χ2n) is 4.15. The van der Waals surface area contributed by atoms with E-state index in [-0.39, 0.29) is 0 Å². The van der Waals surface area contributed by atoms with E-state index in [0.717, 1.165) is 5.54 Å². The number of hydrogen-bond acceptors (Lipinski definition) is 0. The van der Waals surface area contributed by atoms with Crippen molar-refractivity contribution >= 4 is 13.3 Å². The van der Waals surface area contributed by atoms with E-state index < -0.39 is 8.07 Å². The van der Waals surface area contributed by atoms with Crippen LogP contribution in [0.4, 0.5) is 0 Å². The molecule has 0 saturated heterocycles. The Morgan fingerprint density at radius 2 is 1.92 bits per heavy atom. The van der Waals surface area contributed by atoms with Crippen LogP contribution in [0.5, 0.6) is 0 Å². The topological polar surface area (TPSA) is 0 Å². The molecule has 0 bridgehead atoms. The minimum atomic E-state index is -1.21. The summed E-state index contributed by atoms with van der Waals surface area (Å²) in [5.41, 5.74) is 0.788. The second kappa shape index (κ2) is 3.44. The van der Waals surface area contributed by atoms with Crippen molar-refractivity contribution in [2.75, 3.05) is 0 Å². The van der Waals surface area contributed by atoms with Gasteiger partial charge in [0.25, 0.3) is 0 Å². The SMILES string of the molecule is CC(C)[Si](C)(C)c1[c]cccc1. The van der Waals surface area contributed by atoms with Crippen molar-refractivity contribution < 1.29 is 0 Å². The highest BCUT2D eigenvalue weighted by molar-refractivity contribution is 6.90. The molecule has 0 heterocycles. The molecular formula is C11H17Si. The van der Waals surface area contributed by atoms with E-state index >= 15 is 0 Å². The van der Waals surface area contributed by atoms with Crippen LogP contribution in [0, 0.1) is 6.07 Å². The normalized spacial score (nSPS) is 12.1. The van der Waals surface area contributed by atoms with Gasteiger partial charge in [-0.05, 0) is 11.6 Å². The van der Waals surface area contributed by atoms with Crippen molar-refractivity contribution in [3.05, 3.63) is 30.3 Å². The minimum Gasteiger partial charge on any atom is -0.0652 e. The molecule has 0 nitrogen and oxygen atoms in total. The Kier molecular flexibility index (Phi) is 2.73. The molecule has 0 spiro atoms. The molecule has 12 heavy (non-hydrogen) atoms. The fraction of sp³-hybridized carbons (Fsp3) is 0.455. The number of rotatable bonds is 2. The molecule has 65 valence electrons. The van der Waals surface area contributed by atoms with Crippen LogP contribution in [0.15, 0.2) is 24.3 Å². The summed E-state index contributed by atoms with van der Waals surface area (Å²) in [5.74, 6) is 0. The highest BCUT2D eigenvalue weighted by atomic mass is 28.3. The third-order valence-electron chi connectivity index (χ3n) is 2.85. The molecule has 0 aromatic heterocycles. The Morgan fingerprint density at radius 1 is 1.25 bits per heavy atom. The van der Waals surface area contributed by atoms with Gasteiger partial charge in [-0.15, -0.1) is 0 Å². The van der Waals surface area contributed by atoms with Crippen molar-refractivity contribution in [3.63, 3.8) is 0 Å². The highest BCUT2D eigenvalue weighted by Crippen LogP contribution is 2.19. The van der Waals surface area contributed by atoms with Crippen LogP contribution in [-0.2, 0) is 0 Å². The van der Waals surface area contributed by atoms with E-state index in [0.29, 0.717) is 0 Å².